The molecule has 0 nitrogen and oxygen atoms in total. The van der Waals surface area contributed by atoms with E-state index >= 15 is 0 Å². The summed E-state index contributed by atoms with van der Waals surface area (Å²) in [4.78, 5) is 0. The van der Waals surface area contributed by atoms with E-state index in [2.05, 4.69) is 37.6 Å². The fourth-order valence-electron chi connectivity index (χ4n) is 7.04. The van der Waals surface area contributed by atoms with Gasteiger partial charge in [-0.2, -0.15) is 0 Å². The van der Waals surface area contributed by atoms with E-state index < -0.39 is 0 Å². The molecule has 0 aromatic rings. The zero-order valence-electron chi connectivity index (χ0n) is 33.1. The number of allylic oxidation sites excluding steroid dienone is 2. The molecule has 280 valence electrons. The van der Waals surface area contributed by atoms with Crippen LogP contribution >= 0.6 is 8.58 Å². The van der Waals surface area contributed by atoms with Gasteiger partial charge in [0.05, 0.1) is 0 Å². The maximum absolute atomic E-state index is 2.44. The van der Waals surface area contributed by atoms with Crippen molar-refractivity contribution in [1.82, 2.24) is 0 Å². The van der Waals surface area contributed by atoms with E-state index in [9.17, 15) is 0 Å². The van der Waals surface area contributed by atoms with Crippen molar-refractivity contribution in [3.05, 3.63) is 23.8 Å². The van der Waals surface area contributed by atoms with Gasteiger partial charge in [0.1, 0.15) is 0 Å². The molecular weight excluding hydrogens is 583 g/mol. The third-order valence-electron chi connectivity index (χ3n) is 10.4. The first-order valence-electron chi connectivity index (χ1n) is 22.5. The molecule has 0 aliphatic carbocycles. The fourth-order valence-corrected chi connectivity index (χ4v) is 7.76. The van der Waals surface area contributed by atoms with Crippen LogP contribution in [0, 0.1) is 0 Å². The van der Waals surface area contributed by atoms with Crippen LogP contribution in [0.25, 0.3) is 0 Å². The molecule has 0 radical (unpaired) electrons. The van der Waals surface area contributed by atoms with Crippen LogP contribution in [0.2, 0.25) is 0 Å². The van der Waals surface area contributed by atoms with Crippen molar-refractivity contribution < 1.29 is 0 Å². The highest BCUT2D eigenvalue weighted by molar-refractivity contribution is 7.45. The lowest BCUT2D eigenvalue weighted by Crippen LogP contribution is -1.84. The van der Waals surface area contributed by atoms with Crippen LogP contribution in [0.1, 0.15) is 271 Å². The average Bonchev–Trinajstić information content (AvgIpc) is 3.08. The minimum absolute atomic E-state index is 0.892. The SMILES string of the molecule is CCCCCCCCCCCCCCCCCCCCCC=CPC=CCCCCCCCCCCCCCCCCCCCCC. The summed E-state index contributed by atoms with van der Waals surface area (Å²) in [5, 5.41) is 0. The summed E-state index contributed by atoms with van der Waals surface area (Å²) in [6.07, 6.45) is 63.0. The van der Waals surface area contributed by atoms with E-state index in [-0.39, 0.29) is 0 Å². The summed E-state index contributed by atoms with van der Waals surface area (Å²) < 4.78 is 0. The van der Waals surface area contributed by atoms with Crippen LogP contribution in [-0.2, 0) is 0 Å². The summed E-state index contributed by atoms with van der Waals surface area (Å²) in [6, 6.07) is 0. The third kappa shape index (κ3) is 45.9. The molecule has 0 N–H and O–H groups in total. The second kappa shape index (κ2) is 45.9. The molecule has 0 heterocycles. The van der Waals surface area contributed by atoms with Crippen molar-refractivity contribution in [2.45, 2.75) is 271 Å². The highest BCUT2D eigenvalue weighted by atomic mass is 31.1. The highest BCUT2D eigenvalue weighted by Gasteiger charge is 1.97. The van der Waals surface area contributed by atoms with Gasteiger partial charge in [-0.1, -0.05) is 277 Å². The standard InChI is InChI=1S/C46H91P/c1-3-5-7-9-11-13-15-17-19-21-23-25-27-29-31-33-35-37-39-41-43-45-47-46-44-42-40-38-36-34-32-30-28-26-24-22-20-18-16-14-12-10-8-6-4-2/h43-47H,3-42H2,1-2H3. The van der Waals surface area contributed by atoms with E-state index in [1.165, 1.54) is 257 Å². The van der Waals surface area contributed by atoms with Gasteiger partial charge in [0.25, 0.3) is 0 Å². The molecular formula is C46H91P. The van der Waals surface area contributed by atoms with Crippen molar-refractivity contribution >= 4 is 8.58 Å². The second-order valence-electron chi connectivity index (χ2n) is 15.3. The number of rotatable bonds is 42. The summed E-state index contributed by atoms with van der Waals surface area (Å²) in [5.41, 5.74) is 0. The average molecular weight is 675 g/mol. The van der Waals surface area contributed by atoms with Crippen LogP contribution in [0.3, 0.4) is 0 Å². The molecule has 47 heavy (non-hydrogen) atoms. The molecule has 1 heteroatoms. The van der Waals surface area contributed by atoms with Gasteiger partial charge in [-0.3, -0.25) is 0 Å². The lowest BCUT2D eigenvalue weighted by molar-refractivity contribution is 0.523. The van der Waals surface area contributed by atoms with Crippen LogP contribution in [-0.4, -0.2) is 0 Å². The van der Waals surface area contributed by atoms with Crippen molar-refractivity contribution in [1.29, 1.82) is 0 Å². The monoisotopic (exact) mass is 675 g/mol. The predicted octanol–water partition coefficient (Wildman–Crippen LogP) is 18.3. The lowest BCUT2D eigenvalue weighted by Gasteiger charge is -2.04. The van der Waals surface area contributed by atoms with Gasteiger partial charge in [0.15, 0.2) is 0 Å². The maximum atomic E-state index is 2.44. The summed E-state index contributed by atoms with van der Waals surface area (Å²) >= 11 is 0. The van der Waals surface area contributed by atoms with E-state index in [1.807, 2.05) is 0 Å². The van der Waals surface area contributed by atoms with Crippen molar-refractivity contribution in [2.75, 3.05) is 0 Å². The number of unbranched alkanes of at least 4 members (excludes halogenated alkanes) is 38. The Bertz CT molecular complexity index is 528. The Balaban J connectivity index is 3.14. The molecule has 0 atom stereocenters. The van der Waals surface area contributed by atoms with Gasteiger partial charge in [-0.15, -0.1) is 0 Å². The zero-order valence-corrected chi connectivity index (χ0v) is 34.1. The van der Waals surface area contributed by atoms with Crippen molar-refractivity contribution in [3.8, 4) is 0 Å². The number of hydrogen-bond donors (Lipinski definition) is 0. The van der Waals surface area contributed by atoms with Crippen LogP contribution in [0.5, 0.6) is 0 Å². The molecule has 0 aliphatic rings. The van der Waals surface area contributed by atoms with Crippen molar-refractivity contribution in [2.24, 2.45) is 0 Å². The van der Waals surface area contributed by atoms with Crippen molar-refractivity contribution in [3.63, 3.8) is 0 Å². The molecule has 0 bridgehead atoms. The molecule has 0 aromatic carbocycles. The summed E-state index contributed by atoms with van der Waals surface area (Å²) in [6.45, 7) is 4.62. The Morgan fingerprint density at radius 3 is 0.596 bits per heavy atom. The van der Waals surface area contributed by atoms with Gasteiger partial charge < -0.3 is 0 Å². The molecule has 0 aromatic heterocycles. The van der Waals surface area contributed by atoms with Crippen LogP contribution in [0.15, 0.2) is 23.8 Å². The largest absolute Gasteiger partial charge is 0.0840 e. The van der Waals surface area contributed by atoms with Gasteiger partial charge in [-0.25, -0.2) is 0 Å². The molecule has 0 amide bonds. The molecule has 0 fully saturated rings. The Hall–Kier alpha value is -0.0900. The first-order valence-corrected chi connectivity index (χ1v) is 23.6. The molecule has 0 saturated carbocycles. The fraction of sp³-hybridized carbons (Fsp3) is 0.913. The second-order valence-corrected chi connectivity index (χ2v) is 16.3. The Labute approximate surface area is 302 Å². The lowest BCUT2D eigenvalue weighted by atomic mass is 10.0. The van der Waals surface area contributed by atoms with E-state index in [0.717, 1.165) is 8.58 Å². The Morgan fingerprint density at radius 2 is 0.404 bits per heavy atom. The quantitative estimate of drug-likeness (QED) is 0.0446. The Kier molecular flexibility index (Phi) is 45.8. The molecule has 0 unspecified atom stereocenters. The Morgan fingerprint density at radius 1 is 0.234 bits per heavy atom. The zero-order chi connectivity index (χ0) is 33.8. The normalized spacial score (nSPS) is 12.2. The smallest absolute Gasteiger partial charge is 0.0347 e. The third-order valence-corrected chi connectivity index (χ3v) is 11.2. The topological polar surface area (TPSA) is 0 Å². The van der Waals surface area contributed by atoms with E-state index in [1.54, 1.807) is 0 Å². The summed E-state index contributed by atoms with van der Waals surface area (Å²) in [5.74, 6) is 4.84. The molecule has 0 aliphatic heterocycles. The molecule has 0 spiro atoms. The highest BCUT2D eigenvalue weighted by Crippen LogP contribution is 2.19. The van der Waals surface area contributed by atoms with Crippen LogP contribution < -0.4 is 0 Å². The first-order chi connectivity index (χ1) is 23.4. The van der Waals surface area contributed by atoms with Gasteiger partial charge in [-0.05, 0) is 25.7 Å². The first kappa shape index (κ1) is 46.9. The van der Waals surface area contributed by atoms with Gasteiger partial charge in [0.2, 0.25) is 0 Å². The predicted molar refractivity (Wildman–Crippen MR) is 223 cm³/mol. The maximum Gasteiger partial charge on any atom is -0.0347 e. The van der Waals surface area contributed by atoms with Gasteiger partial charge >= 0.3 is 0 Å². The van der Waals surface area contributed by atoms with E-state index in [0.29, 0.717) is 0 Å². The van der Waals surface area contributed by atoms with Crippen LogP contribution in [0.4, 0.5) is 0 Å². The molecule has 0 rings (SSSR count). The number of hydrogen-bond acceptors (Lipinski definition) is 0. The van der Waals surface area contributed by atoms with Gasteiger partial charge in [0, 0.05) is 0 Å². The van der Waals surface area contributed by atoms with E-state index in [4.69, 9.17) is 0 Å². The minimum Gasteiger partial charge on any atom is -0.0840 e. The molecule has 0 saturated heterocycles. The minimum atomic E-state index is 0.892. The summed E-state index contributed by atoms with van der Waals surface area (Å²) in [7, 11) is 0.892.